The molecule has 3 rings (SSSR count). The van der Waals surface area contributed by atoms with E-state index < -0.39 is 12.0 Å². The molecule has 1 N–H and O–H groups in total. The molecule has 1 aromatic rings. The maximum Gasteiger partial charge on any atom is 0.357 e. The van der Waals surface area contributed by atoms with Gasteiger partial charge in [0.05, 0.1) is 5.56 Å². The summed E-state index contributed by atoms with van der Waals surface area (Å²) in [7, 11) is 0. The molecule has 0 radical (unpaired) electrons. The normalized spacial score (nSPS) is 22.7. The van der Waals surface area contributed by atoms with Crippen LogP contribution in [0.2, 0.25) is 0 Å². The van der Waals surface area contributed by atoms with Crippen molar-refractivity contribution in [2.24, 2.45) is 0 Å². The second kappa shape index (κ2) is 7.57. The molecule has 6 nitrogen and oxygen atoms in total. The van der Waals surface area contributed by atoms with Gasteiger partial charge in [0.15, 0.2) is 6.04 Å². The molecule has 1 heterocycles. The number of esters is 1. The average Bonchev–Trinajstić information content (AvgIpc) is 3.09. The summed E-state index contributed by atoms with van der Waals surface area (Å²) in [5.41, 5.74) is 0.467. The highest BCUT2D eigenvalue weighted by atomic mass is 16.7. The number of hydroxylamine groups is 2. The number of rotatable bonds is 4. The number of carbonyl (C=O) groups excluding carboxylic acids is 2. The fourth-order valence-corrected chi connectivity index (χ4v) is 2.98. The summed E-state index contributed by atoms with van der Waals surface area (Å²) >= 11 is 0. The maximum atomic E-state index is 12.4. The zero-order valence-electron chi connectivity index (χ0n) is 13.1. The van der Waals surface area contributed by atoms with Crippen molar-refractivity contribution in [1.29, 1.82) is 0 Å². The van der Waals surface area contributed by atoms with Crippen molar-refractivity contribution in [3.05, 3.63) is 35.9 Å². The highest BCUT2D eigenvalue weighted by Crippen LogP contribution is 2.22. The number of nitrogens with zero attached hydrogens (tertiary/aromatic N) is 1. The summed E-state index contributed by atoms with van der Waals surface area (Å²) < 4.78 is 5.56. The molecule has 1 unspecified atom stereocenters. The Labute approximate surface area is 135 Å². The number of piperazine rings is 1. The van der Waals surface area contributed by atoms with Crippen LogP contribution in [0.25, 0.3) is 0 Å². The SMILES string of the molecule is O=C(ON1CCNCC1C(=O)OC1CCCC1)c1ccccc1. The number of hydrogen-bond donors (Lipinski definition) is 1. The van der Waals surface area contributed by atoms with Gasteiger partial charge in [0.25, 0.3) is 0 Å². The molecule has 1 saturated heterocycles. The molecular weight excluding hydrogens is 296 g/mol. The topological polar surface area (TPSA) is 67.9 Å². The van der Waals surface area contributed by atoms with Gasteiger partial charge >= 0.3 is 11.9 Å². The van der Waals surface area contributed by atoms with Crippen molar-refractivity contribution in [2.45, 2.75) is 37.8 Å². The van der Waals surface area contributed by atoms with Gasteiger partial charge in [0.1, 0.15) is 6.10 Å². The number of hydrogen-bond acceptors (Lipinski definition) is 6. The van der Waals surface area contributed by atoms with Gasteiger partial charge in [-0.1, -0.05) is 18.2 Å². The Balaban J connectivity index is 1.61. The third-order valence-corrected chi connectivity index (χ3v) is 4.26. The molecule has 1 aliphatic carbocycles. The number of benzene rings is 1. The van der Waals surface area contributed by atoms with Crippen LogP contribution in [0.1, 0.15) is 36.0 Å². The highest BCUT2D eigenvalue weighted by molar-refractivity contribution is 5.89. The fourth-order valence-electron chi connectivity index (χ4n) is 2.98. The van der Waals surface area contributed by atoms with E-state index in [0.29, 0.717) is 25.2 Å². The summed E-state index contributed by atoms with van der Waals surface area (Å²) in [5, 5.41) is 4.60. The molecule has 1 atom stereocenters. The molecule has 0 bridgehead atoms. The molecule has 23 heavy (non-hydrogen) atoms. The Morgan fingerprint density at radius 3 is 2.61 bits per heavy atom. The van der Waals surface area contributed by atoms with Crippen molar-refractivity contribution in [1.82, 2.24) is 10.4 Å². The largest absolute Gasteiger partial charge is 0.461 e. The lowest BCUT2D eigenvalue weighted by Crippen LogP contribution is -2.56. The summed E-state index contributed by atoms with van der Waals surface area (Å²) in [6.45, 7) is 1.55. The van der Waals surface area contributed by atoms with E-state index in [1.807, 2.05) is 6.07 Å². The molecule has 124 valence electrons. The molecule has 0 amide bonds. The van der Waals surface area contributed by atoms with E-state index in [9.17, 15) is 9.59 Å². The molecular formula is C17H22N2O4. The standard InChI is InChI=1S/C17H22N2O4/c20-16(13-6-2-1-3-7-13)23-19-11-10-18-12-15(19)17(21)22-14-8-4-5-9-14/h1-3,6-7,14-15,18H,4-5,8-12H2. The van der Waals surface area contributed by atoms with Gasteiger partial charge in [-0.05, 0) is 37.8 Å². The van der Waals surface area contributed by atoms with Gasteiger partial charge in [-0.3, -0.25) is 4.79 Å². The van der Waals surface area contributed by atoms with Crippen molar-refractivity contribution < 1.29 is 19.2 Å². The Morgan fingerprint density at radius 1 is 1.13 bits per heavy atom. The van der Waals surface area contributed by atoms with Gasteiger partial charge in [0.2, 0.25) is 0 Å². The lowest BCUT2D eigenvalue weighted by atomic mass is 10.2. The monoisotopic (exact) mass is 318 g/mol. The second-order valence-electron chi connectivity index (χ2n) is 5.95. The summed E-state index contributed by atoms with van der Waals surface area (Å²) in [6, 6.07) is 8.19. The highest BCUT2D eigenvalue weighted by Gasteiger charge is 2.35. The lowest BCUT2D eigenvalue weighted by molar-refractivity contribution is -0.184. The predicted octanol–water partition coefficient (Wildman–Crippen LogP) is 1.52. The lowest BCUT2D eigenvalue weighted by Gasteiger charge is -2.33. The Kier molecular flexibility index (Phi) is 5.25. The summed E-state index contributed by atoms with van der Waals surface area (Å²) in [4.78, 5) is 30.0. The van der Waals surface area contributed by atoms with E-state index in [1.165, 1.54) is 5.06 Å². The van der Waals surface area contributed by atoms with E-state index in [4.69, 9.17) is 9.57 Å². The van der Waals surface area contributed by atoms with Gasteiger partial charge in [0, 0.05) is 19.6 Å². The van der Waals surface area contributed by atoms with Gasteiger partial charge < -0.3 is 14.9 Å². The first-order valence-corrected chi connectivity index (χ1v) is 8.19. The van der Waals surface area contributed by atoms with Crippen molar-refractivity contribution in [3.63, 3.8) is 0 Å². The first kappa shape index (κ1) is 16.0. The molecule has 0 spiro atoms. The Bertz CT molecular complexity index is 543. The molecule has 6 heteroatoms. The van der Waals surface area contributed by atoms with Crippen molar-refractivity contribution in [3.8, 4) is 0 Å². The van der Waals surface area contributed by atoms with Crippen LogP contribution in [0.4, 0.5) is 0 Å². The number of nitrogens with one attached hydrogen (secondary N) is 1. The molecule has 0 aromatic heterocycles. The average molecular weight is 318 g/mol. The second-order valence-corrected chi connectivity index (χ2v) is 5.95. The van der Waals surface area contributed by atoms with Gasteiger partial charge in [-0.15, -0.1) is 5.06 Å². The van der Waals surface area contributed by atoms with Crippen LogP contribution in [0.5, 0.6) is 0 Å². The van der Waals surface area contributed by atoms with E-state index in [-0.39, 0.29) is 12.1 Å². The van der Waals surface area contributed by atoms with Crippen LogP contribution in [0, 0.1) is 0 Å². The molecule has 2 aliphatic rings. The molecule has 1 saturated carbocycles. The van der Waals surface area contributed by atoms with Gasteiger partial charge in [-0.2, -0.15) is 0 Å². The number of carbonyl (C=O) groups is 2. The first-order valence-electron chi connectivity index (χ1n) is 8.19. The minimum atomic E-state index is -0.586. The first-order chi connectivity index (χ1) is 11.2. The maximum absolute atomic E-state index is 12.4. The zero-order valence-corrected chi connectivity index (χ0v) is 13.1. The van der Waals surface area contributed by atoms with Crippen LogP contribution in [-0.4, -0.2) is 48.8 Å². The van der Waals surface area contributed by atoms with E-state index in [1.54, 1.807) is 24.3 Å². The van der Waals surface area contributed by atoms with Gasteiger partial charge in [-0.25, -0.2) is 4.79 Å². The van der Waals surface area contributed by atoms with Crippen LogP contribution >= 0.6 is 0 Å². The van der Waals surface area contributed by atoms with E-state index in [2.05, 4.69) is 5.32 Å². The fraction of sp³-hybridized carbons (Fsp3) is 0.529. The zero-order chi connectivity index (χ0) is 16.1. The van der Waals surface area contributed by atoms with Crippen LogP contribution in [0.3, 0.4) is 0 Å². The molecule has 2 fully saturated rings. The van der Waals surface area contributed by atoms with E-state index in [0.717, 1.165) is 25.7 Å². The minimum absolute atomic E-state index is 0.0103. The summed E-state index contributed by atoms with van der Waals surface area (Å²) in [6.07, 6.45) is 4.07. The smallest absolute Gasteiger partial charge is 0.357 e. The Hall–Kier alpha value is -1.92. The quantitative estimate of drug-likeness (QED) is 0.849. The van der Waals surface area contributed by atoms with E-state index >= 15 is 0 Å². The number of ether oxygens (including phenoxy) is 1. The van der Waals surface area contributed by atoms with Crippen LogP contribution in [-0.2, 0) is 14.4 Å². The third-order valence-electron chi connectivity index (χ3n) is 4.26. The predicted molar refractivity (Wildman–Crippen MR) is 83.6 cm³/mol. The van der Waals surface area contributed by atoms with Crippen LogP contribution in [0.15, 0.2) is 30.3 Å². The van der Waals surface area contributed by atoms with Crippen LogP contribution < -0.4 is 5.32 Å². The van der Waals surface area contributed by atoms with Crippen molar-refractivity contribution in [2.75, 3.05) is 19.6 Å². The molecule has 1 aromatic carbocycles. The molecule has 1 aliphatic heterocycles. The Morgan fingerprint density at radius 2 is 1.87 bits per heavy atom. The summed E-state index contributed by atoms with van der Waals surface area (Å²) in [5.74, 6) is -0.767. The third kappa shape index (κ3) is 4.09. The minimum Gasteiger partial charge on any atom is -0.461 e. The van der Waals surface area contributed by atoms with Crippen molar-refractivity contribution >= 4 is 11.9 Å².